The van der Waals surface area contributed by atoms with Crippen molar-refractivity contribution in [3.05, 3.63) is 11.9 Å². The summed E-state index contributed by atoms with van der Waals surface area (Å²) in [5.41, 5.74) is 2.60. The molecule has 1 fully saturated rings. The Morgan fingerprint density at radius 1 is 1.47 bits per heavy atom. The molecule has 94 valence electrons. The summed E-state index contributed by atoms with van der Waals surface area (Å²) < 4.78 is 0. The van der Waals surface area contributed by atoms with E-state index in [1.807, 2.05) is 13.0 Å². The molecule has 1 saturated carbocycles. The maximum Gasteiger partial charge on any atom is 0.145 e. The number of hydrogen-bond donors (Lipinski definition) is 2. The average molecular weight is 235 g/mol. The van der Waals surface area contributed by atoms with Gasteiger partial charge in [-0.1, -0.05) is 13.3 Å². The van der Waals surface area contributed by atoms with Crippen molar-refractivity contribution in [1.29, 1.82) is 0 Å². The lowest BCUT2D eigenvalue weighted by Gasteiger charge is -2.23. The molecule has 1 aromatic rings. The highest BCUT2D eigenvalue weighted by molar-refractivity contribution is 5.50. The van der Waals surface area contributed by atoms with Crippen LogP contribution >= 0.6 is 0 Å². The second-order valence-electron chi connectivity index (χ2n) is 4.58. The lowest BCUT2D eigenvalue weighted by molar-refractivity contribution is 0.702. The van der Waals surface area contributed by atoms with E-state index in [9.17, 15) is 0 Å². The fraction of sp³-hybridized carbons (Fsp3) is 0.667. The van der Waals surface area contributed by atoms with Crippen LogP contribution in [-0.2, 0) is 0 Å². The van der Waals surface area contributed by atoms with Gasteiger partial charge in [-0.3, -0.25) is 0 Å². The Hall–Kier alpha value is -1.36. The number of nitrogens with two attached hydrogens (primary N) is 1. The summed E-state index contributed by atoms with van der Waals surface area (Å²) in [6.45, 7) is 5.18. The van der Waals surface area contributed by atoms with Crippen LogP contribution in [0.4, 0.5) is 11.6 Å². The fourth-order valence-corrected chi connectivity index (χ4v) is 1.97. The van der Waals surface area contributed by atoms with E-state index in [4.69, 9.17) is 5.84 Å². The van der Waals surface area contributed by atoms with Crippen LogP contribution in [0.2, 0.25) is 0 Å². The van der Waals surface area contributed by atoms with E-state index in [0.717, 1.165) is 18.2 Å². The summed E-state index contributed by atoms with van der Waals surface area (Å²) in [5.74, 6) is 7.87. The molecule has 5 nitrogen and oxygen atoms in total. The first kappa shape index (κ1) is 12.1. The number of aryl methyl sites for hydroxylation is 1. The lowest BCUT2D eigenvalue weighted by Crippen LogP contribution is -2.28. The van der Waals surface area contributed by atoms with E-state index in [1.165, 1.54) is 25.7 Å². The highest BCUT2D eigenvalue weighted by Crippen LogP contribution is 2.31. The monoisotopic (exact) mass is 235 g/mol. The normalized spacial score (nSPS) is 14.8. The molecule has 0 bridgehead atoms. The summed E-state index contributed by atoms with van der Waals surface area (Å²) in [7, 11) is 0. The smallest absolute Gasteiger partial charge is 0.145 e. The molecular weight excluding hydrogens is 214 g/mol. The number of aromatic nitrogens is 2. The van der Waals surface area contributed by atoms with E-state index < -0.39 is 0 Å². The molecule has 0 atom stereocenters. The maximum absolute atomic E-state index is 5.42. The van der Waals surface area contributed by atoms with Crippen molar-refractivity contribution in [2.75, 3.05) is 16.9 Å². The molecule has 1 aromatic heterocycles. The number of nitrogen functional groups attached to an aromatic ring is 1. The molecule has 0 spiro atoms. The summed E-state index contributed by atoms with van der Waals surface area (Å²) >= 11 is 0. The molecule has 2 rings (SSSR count). The molecule has 5 heteroatoms. The maximum atomic E-state index is 5.42. The summed E-state index contributed by atoms with van der Waals surface area (Å²) in [6, 6.07) is 2.60. The zero-order valence-corrected chi connectivity index (χ0v) is 10.6. The average Bonchev–Trinajstić information content (AvgIpc) is 3.13. The molecule has 0 aromatic carbocycles. The van der Waals surface area contributed by atoms with Gasteiger partial charge in [-0.2, -0.15) is 0 Å². The van der Waals surface area contributed by atoms with E-state index in [1.54, 1.807) is 0 Å². The molecule has 0 saturated heterocycles. The van der Waals surface area contributed by atoms with Gasteiger partial charge in [0.15, 0.2) is 0 Å². The van der Waals surface area contributed by atoms with Gasteiger partial charge in [-0.05, 0) is 26.2 Å². The molecule has 3 N–H and O–H groups in total. The number of hydrazine groups is 1. The van der Waals surface area contributed by atoms with Crippen LogP contribution < -0.4 is 16.2 Å². The largest absolute Gasteiger partial charge is 0.353 e. The zero-order chi connectivity index (χ0) is 12.3. The second kappa shape index (κ2) is 5.31. The molecule has 0 amide bonds. The van der Waals surface area contributed by atoms with Gasteiger partial charge >= 0.3 is 0 Å². The van der Waals surface area contributed by atoms with E-state index in [-0.39, 0.29) is 0 Å². The van der Waals surface area contributed by atoms with Gasteiger partial charge in [0, 0.05) is 18.7 Å². The van der Waals surface area contributed by atoms with Gasteiger partial charge in [0.2, 0.25) is 0 Å². The quantitative estimate of drug-likeness (QED) is 0.581. The lowest BCUT2D eigenvalue weighted by atomic mass is 10.3. The Balaban J connectivity index is 2.18. The minimum Gasteiger partial charge on any atom is -0.353 e. The van der Waals surface area contributed by atoms with Crippen LogP contribution in [0.1, 0.15) is 38.4 Å². The number of anilines is 2. The van der Waals surface area contributed by atoms with Crippen LogP contribution in [0.15, 0.2) is 6.07 Å². The van der Waals surface area contributed by atoms with Gasteiger partial charge < -0.3 is 10.3 Å². The molecule has 0 unspecified atom stereocenters. The number of rotatable bonds is 6. The van der Waals surface area contributed by atoms with Gasteiger partial charge in [0.05, 0.1) is 0 Å². The van der Waals surface area contributed by atoms with Crippen LogP contribution in [0.25, 0.3) is 0 Å². The highest BCUT2D eigenvalue weighted by Gasteiger charge is 2.29. The van der Waals surface area contributed by atoms with Crippen molar-refractivity contribution < 1.29 is 0 Å². The number of nitrogens with zero attached hydrogens (tertiary/aromatic N) is 3. The first-order chi connectivity index (χ1) is 8.24. The number of nitrogens with one attached hydrogen (secondary N) is 1. The van der Waals surface area contributed by atoms with Gasteiger partial charge in [-0.25, -0.2) is 15.8 Å². The number of hydrogen-bond acceptors (Lipinski definition) is 5. The van der Waals surface area contributed by atoms with Crippen LogP contribution in [0.5, 0.6) is 0 Å². The van der Waals surface area contributed by atoms with Crippen molar-refractivity contribution >= 4 is 11.6 Å². The van der Waals surface area contributed by atoms with Crippen molar-refractivity contribution in [2.24, 2.45) is 5.84 Å². The SMILES string of the molecule is CCCCN(c1cc(NN)nc(C)n1)C1CC1. The second-order valence-corrected chi connectivity index (χ2v) is 4.58. The fourth-order valence-electron chi connectivity index (χ4n) is 1.97. The standard InChI is InChI=1S/C12H21N5/c1-3-4-7-17(10-5-6-10)12-8-11(16-13)14-9(2)15-12/h8,10H,3-7,13H2,1-2H3,(H,14,15,16). The topological polar surface area (TPSA) is 67.1 Å². The first-order valence-corrected chi connectivity index (χ1v) is 6.33. The van der Waals surface area contributed by atoms with Crippen LogP contribution in [0, 0.1) is 6.92 Å². The van der Waals surface area contributed by atoms with E-state index in [0.29, 0.717) is 11.9 Å². The third-order valence-corrected chi connectivity index (χ3v) is 3.01. The zero-order valence-electron chi connectivity index (χ0n) is 10.6. The van der Waals surface area contributed by atoms with Crippen molar-refractivity contribution in [3.63, 3.8) is 0 Å². The Labute approximate surface area is 102 Å². The predicted octanol–water partition coefficient (Wildman–Crippen LogP) is 1.84. The third kappa shape index (κ3) is 3.06. The molecule has 1 aliphatic carbocycles. The summed E-state index contributed by atoms with van der Waals surface area (Å²) in [5, 5.41) is 0. The van der Waals surface area contributed by atoms with Gasteiger partial charge in [0.25, 0.3) is 0 Å². The molecule has 1 aliphatic rings. The molecule has 0 radical (unpaired) electrons. The van der Waals surface area contributed by atoms with Crippen LogP contribution in [0.3, 0.4) is 0 Å². The minimum atomic E-state index is 0.668. The highest BCUT2D eigenvalue weighted by atomic mass is 15.3. The summed E-state index contributed by atoms with van der Waals surface area (Å²) in [6.07, 6.45) is 4.95. The Morgan fingerprint density at radius 2 is 2.24 bits per heavy atom. The Morgan fingerprint density at radius 3 is 2.82 bits per heavy atom. The van der Waals surface area contributed by atoms with Crippen molar-refractivity contribution in [2.45, 2.75) is 45.6 Å². The molecule has 1 heterocycles. The van der Waals surface area contributed by atoms with E-state index >= 15 is 0 Å². The predicted molar refractivity (Wildman–Crippen MR) is 69.9 cm³/mol. The minimum absolute atomic E-state index is 0.668. The summed E-state index contributed by atoms with van der Waals surface area (Å²) in [4.78, 5) is 11.1. The van der Waals surface area contributed by atoms with Gasteiger partial charge in [0.1, 0.15) is 17.5 Å². The van der Waals surface area contributed by atoms with Crippen LogP contribution in [-0.4, -0.2) is 22.6 Å². The first-order valence-electron chi connectivity index (χ1n) is 6.33. The molecular formula is C12H21N5. The van der Waals surface area contributed by atoms with Crippen molar-refractivity contribution in [3.8, 4) is 0 Å². The van der Waals surface area contributed by atoms with Gasteiger partial charge in [-0.15, -0.1) is 0 Å². The van der Waals surface area contributed by atoms with E-state index in [2.05, 4.69) is 27.2 Å². The van der Waals surface area contributed by atoms with Crippen molar-refractivity contribution in [1.82, 2.24) is 9.97 Å². The molecule has 17 heavy (non-hydrogen) atoms. The third-order valence-electron chi connectivity index (χ3n) is 3.01. The number of unbranched alkanes of at least 4 members (excludes halogenated alkanes) is 1. The Kier molecular flexibility index (Phi) is 3.78. The Bertz CT molecular complexity index is 375. The molecule has 0 aliphatic heterocycles.